The Labute approximate surface area is 209 Å². The molecule has 0 aromatic heterocycles. The Kier molecular flexibility index (Phi) is 6.08. The highest BCUT2D eigenvalue weighted by atomic mass is 16.8. The fourth-order valence-corrected chi connectivity index (χ4v) is 4.66. The maximum Gasteiger partial charge on any atom is 0.277 e. The molecule has 0 spiro atoms. The first-order chi connectivity index (χ1) is 17.8. The molecule has 1 aliphatic heterocycles. The largest absolute Gasteiger partial charge is 0.491 e. The molecule has 0 radical (unpaired) electrons. The van der Waals surface area contributed by atoms with E-state index in [1.54, 1.807) is 12.1 Å². The minimum Gasteiger partial charge on any atom is -0.491 e. The highest BCUT2D eigenvalue weighted by Crippen LogP contribution is 2.38. The van der Waals surface area contributed by atoms with E-state index < -0.39 is 12.4 Å². The molecule has 0 bridgehead atoms. The van der Waals surface area contributed by atoms with Crippen molar-refractivity contribution in [1.82, 2.24) is 5.06 Å². The van der Waals surface area contributed by atoms with Crippen LogP contribution in [-0.4, -0.2) is 30.2 Å². The topological polar surface area (TPSA) is 48.0 Å². The van der Waals surface area contributed by atoms with Gasteiger partial charge >= 0.3 is 0 Å². The number of hydrogen-bond donors (Lipinski definition) is 0. The van der Waals surface area contributed by atoms with Gasteiger partial charge in [0, 0.05) is 11.1 Å². The first-order valence-electron chi connectivity index (χ1n) is 12.0. The summed E-state index contributed by atoms with van der Waals surface area (Å²) in [5.41, 5.74) is 1.46. The molecule has 5 nitrogen and oxygen atoms in total. The molecule has 1 heterocycles. The SMILES string of the molecule is O=C(c1ccccc1)N1C[C@@H](COc2ccccc2)O[C@@H](c2c3ccccc3cc3ccccc23)O1. The zero-order valence-corrected chi connectivity index (χ0v) is 19.6. The maximum atomic E-state index is 13.4. The Morgan fingerprint density at radius 3 is 2.03 bits per heavy atom. The average Bonchev–Trinajstić information content (AvgIpc) is 2.95. The normalized spacial score (nSPS) is 17.8. The first-order valence-corrected chi connectivity index (χ1v) is 12.0. The van der Waals surface area contributed by atoms with Gasteiger partial charge in [-0.05, 0) is 51.9 Å². The van der Waals surface area contributed by atoms with Crippen LogP contribution in [0.25, 0.3) is 21.5 Å². The van der Waals surface area contributed by atoms with Gasteiger partial charge in [-0.2, -0.15) is 0 Å². The number of ether oxygens (including phenoxy) is 2. The Morgan fingerprint density at radius 1 is 0.778 bits per heavy atom. The molecule has 5 aromatic carbocycles. The van der Waals surface area contributed by atoms with Gasteiger partial charge in [0.2, 0.25) is 6.29 Å². The number of carbonyl (C=O) groups is 1. The molecule has 1 saturated heterocycles. The number of rotatable bonds is 5. The summed E-state index contributed by atoms with van der Waals surface area (Å²) in [5, 5.41) is 5.64. The number of carbonyl (C=O) groups excluding carboxylic acids is 1. The van der Waals surface area contributed by atoms with E-state index in [9.17, 15) is 4.79 Å². The number of hydroxylamine groups is 2. The second-order valence-corrected chi connectivity index (χ2v) is 8.78. The quantitative estimate of drug-likeness (QED) is 0.271. The van der Waals surface area contributed by atoms with Gasteiger partial charge in [-0.25, -0.2) is 9.90 Å². The van der Waals surface area contributed by atoms with E-state index in [0.29, 0.717) is 5.56 Å². The molecule has 5 heteroatoms. The highest BCUT2D eigenvalue weighted by molar-refractivity contribution is 6.02. The van der Waals surface area contributed by atoms with E-state index in [1.165, 1.54) is 5.06 Å². The number of amides is 1. The van der Waals surface area contributed by atoms with Crippen LogP contribution in [0.5, 0.6) is 5.75 Å². The zero-order chi connectivity index (χ0) is 24.3. The fraction of sp³-hybridized carbons (Fsp3) is 0.129. The van der Waals surface area contributed by atoms with Crippen molar-refractivity contribution < 1.29 is 19.1 Å². The summed E-state index contributed by atoms with van der Waals surface area (Å²) in [5.74, 6) is 0.541. The summed E-state index contributed by atoms with van der Waals surface area (Å²) in [4.78, 5) is 19.7. The molecule has 0 aliphatic carbocycles. The van der Waals surface area contributed by atoms with E-state index in [0.717, 1.165) is 32.9 Å². The van der Waals surface area contributed by atoms with Crippen molar-refractivity contribution in [3.05, 3.63) is 126 Å². The van der Waals surface area contributed by atoms with Crippen molar-refractivity contribution in [3.63, 3.8) is 0 Å². The van der Waals surface area contributed by atoms with Crippen LogP contribution in [-0.2, 0) is 9.57 Å². The molecule has 1 amide bonds. The van der Waals surface area contributed by atoms with Crippen LogP contribution in [0, 0.1) is 0 Å². The summed E-state index contributed by atoms with van der Waals surface area (Å²) >= 11 is 0. The predicted octanol–water partition coefficient (Wildman–Crippen LogP) is 6.54. The summed E-state index contributed by atoms with van der Waals surface area (Å²) in [7, 11) is 0. The van der Waals surface area contributed by atoms with Gasteiger partial charge in [-0.15, -0.1) is 0 Å². The molecule has 0 saturated carbocycles. The molecular formula is C31H25NO4. The number of fused-ring (bicyclic) bond motifs is 2. The number of benzene rings is 5. The Hall–Kier alpha value is -4.19. The second-order valence-electron chi connectivity index (χ2n) is 8.78. The molecule has 178 valence electrons. The van der Waals surface area contributed by atoms with Gasteiger partial charge in [0.15, 0.2) is 0 Å². The van der Waals surface area contributed by atoms with E-state index in [1.807, 2.05) is 72.8 Å². The number of para-hydroxylation sites is 1. The molecule has 5 aromatic rings. The van der Waals surface area contributed by atoms with Crippen LogP contribution in [0.4, 0.5) is 0 Å². The number of hydrogen-bond acceptors (Lipinski definition) is 4. The van der Waals surface area contributed by atoms with Crippen LogP contribution in [0.15, 0.2) is 115 Å². The second kappa shape index (κ2) is 9.82. The minimum absolute atomic E-state index is 0.210. The smallest absolute Gasteiger partial charge is 0.277 e. The van der Waals surface area contributed by atoms with Crippen LogP contribution in [0.1, 0.15) is 22.2 Å². The Bertz CT molecular complexity index is 1450. The number of nitrogens with zero attached hydrogens (tertiary/aromatic N) is 1. The third kappa shape index (κ3) is 4.42. The van der Waals surface area contributed by atoms with Gasteiger partial charge in [0.1, 0.15) is 18.5 Å². The first kappa shape index (κ1) is 22.3. The lowest BCUT2D eigenvalue weighted by Gasteiger charge is -2.38. The van der Waals surface area contributed by atoms with Crippen molar-refractivity contribution in [3.8, 4) is 5.75 Å². The van der Waals surface area contributed by atoms with Crippen LogP contribution < -0.4 is 4.74 Å². The van der Waals surface area contributed by atoms with Crippen molar-refractivity contribution in [2.75, 3.05) is 13.2 Å². The van der Waals surface area contributed by atoms with Gasteiger partial charge in [-0.1, -0.05) is 84.9 Å². The van der Waals surface area contributed by atoms with Crippen molar-refractivity contribution in [2.45, 2.75) is 12.4 Å². The van der Waals surface area contributed by atoms with Crippen LogP contribution in [0.2, 0.25) is 0 Å². The van der Waals surface area contributed by atoms with Crippen LogP contribution in [0.3, 0.4) is 0 Å². The standard InChI is InChI=1S/C31H25NO4/c33-30(22-11-3-1-4-12-22)32-20-26(21-34-25-15-5-2-6-16-25)35-31(36-32)29-27-17-9-7-13-23(27)19-24-14-8-10-18-28(24)29/h1-19,26,31H,20-21H2/t26-,31+/m0/s1. The monoisotopic (exact) mass is 475 g/mol. The third-order valence-corrected chi connectivity index (χ3v) is 6.38. The predicted molar refractivity (Wildman–Crippen MR) is 140 cm³/mol. The average molecular weight is 476 g/mol. The molecule has 0 N–H and O–H groups in total. The van der Waals surface area contributed by atoms with E-state index in [4.69, 9.17) is 14.3 Å². The molecule has 6 rings (SSSR count). The molecule has 0 unspecified atom stereocenters. The maximum absolute atomic E-state index is 13.4. The van der Waals surface area contributed by atoms with Crippen molar-refractivity contribution in [2.24, 2.45) is 0 Å². The molecule has 1 aliphatic rings. The van der Waals surface area contributed by atoms with Crippen LogP contribution >= 0.6 is 0 Å². The summed E-state index contributed by atoms with van der Waals surface area (Å²) < 4.78 is 12.5. The minimum atomic E-state index is -0.785. The molecule has 36 heavy (non-hydrogen) atoms. The van der Waals surface area contributed by atoms with Crippen molar-refractivity contribution >= 4 is 27.5 Å². The third-order valence-electron chi connectivity index (χ3n) is 6.38. The van der Waals surface area contributed by atoms with E-state index in [2.05, 4.69) is 30.3 Å². The van der Waals surface area contributed by atoms with E-state index >= 15 is 0 Å². The van der Waals surface area contributed by atoms with E-state index in [-0.39, 0.29) is 19.1 Å². The molecule has 1 fully saturated rings. The lowest BCUT2D eigenvalue weighted by atomic mass is 9.96. The Morgan fingerprint density at radius 2 is 1.36 bits per heavy atom. The lowest BCUT2D eigenvalue weighted by molar-refractivity contribution is -0.324. The van der Waals surface area contributed by atoms with Gasteiger partial charge in [-0.3, -0.25) is 4.79 Å². The molecular weight excluding hydrogens is 450 g/mol. The van der Waals surface area contributed by atoms with Gasteiger partial charge in [0.25, 0.3) is 5.91 Å². The zero-order valence-electron chi connectivity index (χ0n) is 19.6. The van der Waals surface area contributed by atoms with Gasteiger partial charge in [0.05, 0.1) is 6.54 Å². The summed E-state index contributed by atoms with van der Waals surface area (Å²) in [6.07, 6.45) is -1.18. The summed E-state index contributed by atoms with van der Waals surface area (Å²) in [6.45, 7) is 0.533. The Balaban J connectivity index is 1.40. The highest BCUT2D eigenvalue weighted by Gasteiger charge is 2.35. The van der Waals surface area contributed by atoms with Crippen molar-refractivity contribution in [1.29, 1.82) is 0 Å². The molecule has 2 atom stereocenters. The lowest BCUT2D eigenvalue weighted by Crippen LogP contribution is -2.47. The summed E-state index contributed by atoms with van der Waals surface area (Å²) in [6, 6.07) is 37.3. The van der Waals surface area contributed by atoms with Gasteiger partial charge < -0.3 is 9.47 Å². The fourth-order valence-electron chi connectivity index (χ4n) is 4.66.